The third kappa shape index (κ3) is 11.7. The van der Waals surface area contributed by atoms with Crippen LogP contribution in [0, 0.1) is 0 Å². The van der Waals surface area contributed by atoms with Gasteiger partial charge in [0.2, 0.25) is 0 Å². The Bertz CT molecular complexity index is 590. The molecular weight excluding hydrogens is 350 g/mol. The van der Waals surface area contributed by atoms with Crippen molar-refractivity contribution in [2.24, 2.45) is 0 Å². The minimum absolute atomic E-state index is 1.04. The molecule has 0 aromatic heterocycles. The van der Waals surface area contributed by atoms with Gasteiger partial charge in [0.1, 0.15) is 0 Å². The van der Waals surface area contributed by atoms with Gasteiger partial charge in [-0.3, -0.25) is 4.90 Å². The SMILES string of the molecule is CCCCCC/C=C/CCCCCCN(Cc1ccccc1)Cc1ccccc1. The molecule has 2 rings (SSSR count). The minimum Gasteiger partial charge on any atom is -0.295 e. The van der Waals surface area contributed by atoms with Crippen molar-refractivity contribution in [3.8, 4) is 0 Å². The first kappa shape index (κ1) is 23.4. The van der Waals surface area contributed by atoms with E-state index in [1.54, 1.807) is 0 Å². The third-order valence-electron chi connectivity index (χ3n) is 5.48. The molecule has 0 N–H and O–H groups in total. The summed E-state index contributed by atoms with van der Waals surface area (Å²) in [6.45, 7) is 5.53. The summed E-state index contributed by atoms with van der Waals surface area (Å²) in [5.74, 6) is 0. The zero-order valence-electron chi connectivity index (χ0n) is 18.6. The van der Waals surface area contributed by atoms with Crippen LogP contribution in [-0.4, -0.2) is 11.4 Å². The van der Waals surface area contributed by atoms with Crippen molar-refractivity contribution < 1.29 is 0 Å². The molecule has 0 heterocycles. The van der Waals surface area contributed by atoms with Crippen LogP contribution in [-0.2, 0) is 13.1 Å². The molecule has 1 nitrogen and oxygen atoms in total. The summed E-state index contributed by atoms with van der Waals surface area (Å²) < 4.78 is 0. The highest BCUT2D eigenvalue weighted by Crippen LogP contribution is 2.13. The number of hydrogen-bond donors (Lipinski definition) is 0. The van der Waals surface area contributed by atoms with Crippen LogP contribution < -0.4 is 0 Å². The van der Waals surface area contributed by atoms with Crippen LogP contribution in [0.2, 0.25) is 0 Å². The standard InChI is InChI=1S/C28H41N/c1-2-3-4-5-6-7-8-9-10-11-12-19-24-29(25-27-20-15-13-16-21-27)26-28-22-17-14-18-23-28/h7-8,13-18,20-23H,2-6,9-12,19,24-26H2,1H3/b8-7+. The maximum atomic E-state index is 2.60. The van der Waals surface area contributed by atoms with Gasteiger partial charge in [0, 0.05) is 13.1 Å². The molecule has 158 valence electrons. The summed E-state index contributed by atoms with van der Waals surface area (Å²) in [4.78, 5) is 2.60. The maximum Gasteiger partial charge on any atom is 0.0237 e. The highest BCUT2D eigenvalue weighted by molar-refractivity contribution is 5.17. The van der Waals surface area contributed by atoms with E-state index in [1.165, 1.54) is 81.9 Å². The zero-order valence-corrected chi connectivity index (χ0v) is 18.6. The lowest BCUT2D eigenvalue weighted by Crippen LogP contribution is -2.24. The number of benzene rings is 2. The first-order valence-electron chi connectivity index (χ1n) is 11.8. The van der Waals surface area contributed by atoms with Gasteiger partial charge in [-0.25, -0.2) is 0 Å². The second kappa shape index (κ2) is 16.0. The first-order valence-corrected chi connectivity index (χ1v) is 11.8. The number of rotatable bonds is 16. The van der Waals surface area contributed by atoms with Crippen LogP contribution in [0.5, 0.6) is 0 Å². The van der Waals surface area contributed by atoms with E-state index in [0.29, 0.717) is 0 Å². The quantitative estimate of drug-likeness (QED) is 0.206. The van der Waals surface area contributed by atoms with E-state index < -0.39 is 0 Å². The summed E-state index contributed by atoms with van der Waals surface area (Å²) in [6.07, 6.45) is 18.1. The van der Waals surface area contributed by atoms with Gasteiger partial charge < -0.3 is 0 Å². The largest absolute Gasteiger partial charge is 0.295 e. The van der Waals surface area contributed by atoms with Gasteiger partial charge in [0.25, 0.3) is 0 Å². The van der Waals surface area contributed by atoms with Crippen LogP contribution in [0.25, 0.3) is 0 Å². The van der Waals surface area contributed by atoms with Gasteiger partial charge in [-0.05, 0) is 49.8 Å². The average Bonchev–Trinajstić information content (AvgIpc) is 2.76. The second-order valence-electron chi connectivity index (χ2n) is 8.21. The van der Waals surface area contributed by atoms with Crippen molar-refractivity contribution in [1.29, 1.82) is 0 Å². The molecule has 0 saturated carbocycles. The van der Waals surface area contributed by atoms with E-state index in [-0.39, 0.29) is 0 Å². The average molecular weight is 392 g/mol. The number of nitrogens with zero attached hydrogens (tertiary/aromatic N) is 1. The fraction of sp³-hybridized carbons (Fsp3) is 0.500. The maximum absolute atomic E-state index is 2.60. The molecule has 0 radical (unpaired) electrons. The Morgan fingerprint density at radius 3 is 1.59 bits per heavy atom. The van der Waals surface area contributed by atoms with Crippen LogP contribution in [0.4, 0.5) is 0 Å². The molecular formula is C28H41N. The summed E-state index contributed by atoms with van der Waals surface area (Å²) in [6, 6.07) is 21.8. The molecule has 0 fully saturated rings. The lowest BCUT2D eigenvalue weighted by atomic mass is 10.1. The van der Waals surface area contributed by atoms with Crippen molar-refractivity contribution in [1.82, 2.24) is 4.90 Å². The Morgan fingerprint density at radius 1 is 0.586 bits per heavy atom. The van der Waals surface area contributed by atoms with E-state index in [4.69, 9.17) is 0 Å². The Morgan fingerprint density at radius 2 is 1.07 bits per heavy atom. The van der Waals surface area contributed by atoms with Gasteiger partial charge in [0.15, 0.2) is 0 Å². The summed E-state index contributed by atoms with van der Waals surface area (Å²) in [5, 5.41) is 0. The molecule has 2 aromatic carbocycles. The molecule has 29 heavy (non-hydrogen) atoms. The van der Waals surface area contributed by atoms with E-state index in [9.17, 15) is 0 Å². The molecule has 0 spiro atoms. The molecule has 0 unspecified atom stereocenters. The van der Waals surface area contributed by atoms with Crippen LogP contribution in [0.3, 0.4) is 0 Å². The predicted molar refractivity (Wildman–Crippen MR) is 128 cm³/mol. The summed E-state index contributed by atoms with van der Waals surface area (Å²) >= 11 is 0. The fourth-order valence-electron chi connectivity index (χ4n) is 3.77. The monoisotopic (exact) mass is 391 g/mol. The van der Waals surface area contributed by atoms with E-state index >= 15 is 0 Å². The fourth-order valence-corrected chi connectivity index (χ4v) is 3.77. The molecule has 0 bridgehead atoms. The normalized spacial score (nSPS) is 11.5. The highest BCUT2D eigenvalue weighted by atomic mass is 15.1. The zero-order chi connectivity index (χ0) is 20.4. The van der Waals surface area contributed by atoms with Crippen molar-refractivity contribution in [3.63, 3.8) is 0 Å². The van der Waals surface area contributed by atoms with E-state index in [0.717, 1.165) is 13.1 Å². The summed E-state index contributed by atoms with van der Waals surface area (Å²) in [5.41, 5.74) is 2.82. The number of hydrogen-bond acceptors (Lipinski definition) is 1. The van der Waals surface area contributed by atoms with Crippen molar-refractivity contribution in [2.75, 3.05) is 6.54 Å². The Balaban J connectivity index is 1.62. The molecule has 0 atom stereocenters. The molecule has 0 saturated heterocycles. The highest BCUT2D eigenvalue weighted by Gasteiger charge is 2.07. The van der Waals surface area contributed by atoms with Crippen LogP contribution in [0.1, 0.15) is 82.3 Å². The van der Waals surface area contributed by atoms with Crippen molar-refractivity contribution >= 4 is 0 Å². The van der Waals surface area contributed by atoms with Crippen molar-refractivity contribution in [3.05, 3.63) is 83.9 Å². The van der Waals surface area contributed by atoms with Crippen molar-refractivity contribution in [2.45, 2.75) is 84.2 Å². The summed E-state index contributed by atoms with van der Waals surface area (Å²) in [7, 11) is 0. The van der Waals surface area contributed by atoms with Crippen LogP contribution in [0.15, 0.2) is 72.8 Å². The second-order valence-corrected chi connectivity index (χ2v) is 8.21. The van der Waals surface area contributed by atoms with E-state index in [1.807, 2.05) is 0 Å². The first-order chi connectivity index (χ1) is 14.4. The van der Waals surface area contributed by atoms with Gasteiger partial charge in [-0.1, -0.05) is 112 Å². The van der Waals surface area contributed by atoms with E-state index in [2.05, 4.69) is 84.6 Å². The molecule has 0 aliphatic rings. The van der Waals surface area contributed by atoms with Crippen LogP contribution >= 0.6 is 0 Å². The van der Waals surface area contributed by atoms with Gasteiger partial charge in [-0.15, -0.1) is 0 Å². The number of allylic oxidation sites excluding steroid dienone is 2. The Hall–Kier alpha value is -1.86. The predicted octanol–water partition coefficient (Wildman–Crippen LogP) is 8.17. The minimum atomic E-state index is 1.04. The lowest BCUT2D eigenvalue weighted by molar-refractivity contribution is 0.250. The molecule has 2 aromatic rings. The van der Waals surface area contributed by atoms with Gasteiger partial charge >= 0.3 is 0 Å². The molecule has 0 aliphatic carbocycles. The Labute approximate surface area is 179 Å². The Kier molecular flexibility index (Phi) is 12.9. The number of unbranched alkanes of at least 4 members (excludes halogenated alkanes) is 8. The third-order valence-corrected chi connectivity index (χ3v) is 5.48. The van der Waals surface area contributed by atoms with Gasteiger partial charge in [0.05, 0.1) is 0 Å². The molecule has 0 amide bonds. The molecule has 1 heteroatoms. The van der Waals surface area contributed by atoms with Gasteiger partial charge in [-0.2, -0.15) is 0 Å². The topological polar surface area (TPSA) is 3.24 Å². The molecule has 0 aliphatic heterocycles. The lowest BCUT2D eigenvalue weighted by Gasteiger charge is -2.22. The smallest absolute Gasteiger partial charge is 0.0237 e.